The predicted octanol–water partition coefficient (Wildman–Crippen LogP) is 3.12. The van der Waals surface area contributed by atoms with E-state index in [0.29, 0.717) is 11.0 Å². The molecule has 0 saturated heterocycles. The summed E-state index contributed by atoms with van der Waals surface area (Å²) in [7, 11) is 0. The number of alkyl halides is 1. The smallest absolute Gasteiger partial charge is 0.210 e. The van der Waals surface area contributed by atoms with Crippen LogP contribution in [0.3, 0.4) is 0 Å². The van der Waals surface area contributed by atoms with Gasteiger partial charge < -0.3 is 4.42 Å². The topological polar surface area (TPSA) is 54.0 Å². The number of nitriles is 1. The average Bonchev–Trinajstić information content (AvgIpc) is 2.29. The van der Waals surface area contributed by atoms with Gasteiger partial charge in [0, 0.05) is 4.83 Å². The van der Waals surface area contributed by atoms with Gasteiger partial charge in [-0.2, -0.15) is 5.26 Å². The third-order valence-corrected chi connectivity index (χ3v) is 2.91. The molecule has 1 aromatic carbocycles. The molecular weight excluding hydrogens is 270 g/mol. The van der Waals surface area contributed by atoms with Crippen LogP contribution in [0.15, 0.2) is 33.7 Å². The summed E-state index contributed by atoms with van der Waals surface area (Å²) < 4.78 is 5.21. The largest absolute Gasteiger partial charge is 0.463 e. The van der Waals surface area contributed by atoms with Gasteiger partial charge in [0.2, 0.25) is 5.43 Å². The summed E-state index contributed by atoms with van der Waals surface area (Å²) in [4.78, 5) is 12.0. The number of benzene rings is 1. The maximum absolute atomic E-state index is 11.8. The Hall–Kier alpha value is -1.60. The van der Waals surface area contributed by atoms with E-state index in [0.717, 1.165) is 5.56 Å². The molecule has 0 aliphatic rings. The van der Waals surface area contributed by atoms with E-state index < -0.39 is 0 Å². The molecule has 1 unspecified atom stereocenters. The Morgan fingerprint density at radius 1 is 1.50 bits per heavy atom. The van der Waals surface area contributed by atoms with Gasteiger partial charge in [0.1, 0.15) is 23.5 Å². The minimum absolute atomic E-state index is 0.0341. The summed E-state index contributed by atoms with van der Waals surface area (Å²) in [6, 6.07) is 7.20. The first kappa shape index (κ1) is 10.9. The minimum atomic E-state index is -0.279. The molecule has 0 saturated carbocycles. The van der Waals surface area contributed by atoms with E-state index in [1.165, 1.54) is 6.26 Å². The number of hydrogen-bond donors (Lipinski definition) is 0. The fourth-order valence-electron chi connectivity index (χ4n) is 1.47. The number of hydrogen-bond acceptors (Lipinski definition) is 3. The van der Waals surface area contributed by atoms with Gasteiger partial charge in [-0.15, -0.1) is 0 Å². The third kappa shape index (κ3) is 1.74. The SMILES string of the molecule is CC(Br)c1ccc2occ(C#N)c(=O)c2c1. The fraction of sp³-hybridized carbons (Fsp3) is 0.167. The Labute approximate surface area is 100 Å². The lowest BCUT2D eigenvalue weighted by Crippen LogP contribution is -2.05. The first-order valence-electron chi connectivity index (χ1n) is 4.73. The van der Waals surface area contributed by atoms with Crippen LogP contribution in [0.25, 0.3) is 11.0 Å². The van der Waals surface area contributed by atoms with Crippen LogP contribution in [0.1, 0.15) is 22.9 Å². The van der Waals surface area contributed by atoms with Crippen molar-refractivity contribution in [2.24, 2.45) is 0 Å². The zero-order chi connectivity index (χ0) is 11.7. The van der Waals surface area contributed by atoms with Crippen LogP contribution in [-0.2, 0) is 0 Å². The zero-order valence-corrected chi connectivity index (χ0v) is 10.1. The molecule has 0 aliphatic carbocycles. The maximum Gasteiger partial charge on any atom is 0.210 e. The molecule has 0 amide bonds. The van der Waals surface area contributed by atoms with Crippen molar-refractivity contribution in [2.45, 2.75) is 11.8 Å². The molecule has 3 nitrogen and oxygen atoms in total. The maximum atomic E-state index is 11.8. The van der Waals surface area contributed by atoms with Gasteiger partial charge in [-0.1, -0.05) is 22.0 Å². The molecule has 0 bridgehead atoms. The molecule has 16 heavy (non-hydrogen) atoms. The number of rotatable bonds is 1. The van der Waals surface area contributed by atoms with Crippen LogP contribution in [-0.4, -0.2) is 0 Å². The number of nitrogens with zero attached hydrogens (tertiary/aromatic N) is 1. The van der Waals surface area contributed by atoms with E-state index in [9.17, 15) is 4.79 Å². The monoisotopic (exact) mass is 277 g/mol. The van der Waals surface area contributed by atoms with Gasteiger partial charge >= 0.3 is 0 Å². The van der Waals surface area contributed by atoms with E-state index in [1.54, 1.807) is 12.1 Å². The lowest BCUT2D eigenvalue weighted by molar-refractivity contribution is 0.600. The summed E-state index contributed by atoms with van der Waals surface area (Å²) in [5.74, 6) is 0. The van der Waals surface area contributed by atoms with Gasteiger partial charge in [-0.05, 0) is 24.6 Å². The standard InChI is InChI=1S/C12H8BrNO2/c1-7(13)8-2-3-11-10(4-8)12(15)9(5-14)6-16-11/h2-4,6-7H,1H3. The van der Waals surface area contributed by atoms with Crippen molar-refractivity contribution in [2.75, 3.05) is 0 Å². The quantitative estimate of drug-likeness (QED) is 0.753. The molecule has 4 heteroatoms. The lowest BCUT2D eigenvalue weighted by atomic mass is 10.1. The molecule has 1 aromatic heterocycles. The number of fused-ring (bicyclic) bond motifs is 1. The highest BCUT2D eigenvalue weighted by Crippen LogP contribution is 2.24. The van der Waals surface area contributed by atoms with Crippen molar-refractivity contribution in [3.8, 4) is 6.07 Å². The average molecular weight is 278 g/mol. The van der Waals surface area contributed by atoms with E-state index >= 15 is 0 Å². The molecule has 0 radical (unpaired) electrons. The van der Waals surface area contributed by atoms with Gasteiger partial charge in [0.15, 0.2) is 0 Å². The van der Waals surface area contributed by atoms with Gasteiger partial charge in [0.25, 0.3) is 0 Å². The molecule has 1 atom stereocenters. The first-order valence-corrected chi connectivity index (χ1v) is 5.64. The Kier molecular flexibility index (Phi) is 2.80. The summed E-state index contributed by atoms with van der Waals surface area (Å²) >= 11 is 3.43. The van der Waals surface area contributed by atoms with E-state index in [2.05, 4.69) is 15.9 Å². The Morgan fingerprint density at radius 3 is 2.88 bits per heavy atom. The molecule has 80 valence electrons. The van der Waals surface area contributed by atoms with Gasteiger partial charge in [0.05, 0.1) is 5.39 Å². The fourth-order valence-corrected chi connectivity index (χ4v) is 1.76. The van der Waals surface area contributed by atoms with Crippen LogP contribution in [0.5, 0.6) is 0 Å². The molecule has 0 aliphatic heterocycles. The molecule has 2 aromatic rings. The van der Waals surface area contributed by atoms with E-state index in [4.69, 9.17) is 9.68 Å². The Morgan fingerprint density at radius 2 is 2.25 bits per heavy atom. The summed E-state index contributed by atoms with van der Waals surface area (Å²) in [5.41, 5.74) is 1.24. The van der Waals surface area contributed by atoms with Gasteiger partial charge in [-0.25, -0.2) is 0 Å². The Bertz CT molecular complexity index is 637. The van der Waals surface area contributed by atoms with Gasteiger partial charge in [-0.3, -0.25) is 4.79 Å². The normalized spacial score (nSPS) is 12.3. The van der Waals surface area contributed by atoms with Crippen molar-refractivity contribution >= 4 is 26.9 Å². The van der Waals surface area contributed by atoms with Crippen LogP contribution in [0, 0.1) is 11.3 Å². The molecule has 0 spiro atoms. The second kappa shape index (κ2) is 4.11. The molecule has 1 heterocycles. The molecular formula is C12H8BrNO2. The van der Waals surface area contributed by atoms with Crippen molar-refractivity contribution < 1.29 is 4.42 Å². The minimum Gasteiger partial charge on any atom is -0.463 e. The second-order valence-corrected chi connectivity index (χ2v) is 4.84. The van der Waals surface area contributed by atoms with E-state index in [1.807, 2.05) is 19.1 Å². The highest BCUT2D eigenvalue weighted by Gasteiger charge is 2.08. The molecule has 2 rings (SSSR count). The van der Waals surface area contributed by atoms with Crippen molar-refractivity contribution in [1.82, 2.24) is 0 Å². The van der Waals surface area contributed by atoms with Crippen LogP contribution < -0.4 is 5.43 Å². The first-order chi connectivity index (χ1) is 7.63. The lowest BCUT2D eigenvalue weighted by Gasteiger charge is -2.04. The third-order valence-electron chi connectivity index (χ3n) is 2.38. The van der Waals surface area contributed by atoms with Crippen LogP contribution in [0.2, 0.25) is 0 Å². The Balaban J connectivity index is 2.81. The predicted molar refractivity (Wildman–Crippen MR) is 64.5 cm³/mol. The molecule has 0 N–H and O–H groups in total. The van der Waals surface area contributed by atoms with Crippen molar-refractivity contribution in [3.05, 3.63) is 45.8 Å². The summed E-state index contributed by atoms with van der Waals surface area (Å²) in [5, 5.41) is 9.18. The van der Waals surface area contributed by atoms with Crippen LogP contribution in [0.4, 0.5) is 0 Å². The molecule has 0 fully saturated rings. The summed E-state index contributed by atoms with van der Waals surface area (Å²) in [6.45, 7) is 1.97. The van der Waals surface area contributed by atoms with E-state index in [-0.39, 0.29) is 15.8 Å². The highest BCUT2D eigenvalue weighted by atomic mass is 79.9. The second-order valence-electron chi connectivity index (χ2n) is 3.46. The van der Waals surface area contributed by atoms with Crippen LogP contribution >= 0.6 is 15.9 Å². The van der Waals surface area contributed by atoms with Crippen molar-refractivity contribution in [3.63, 3.8) is 0 Å². The zero-order valence-electron chi connectivity index (χ0n) is 8.53. The number of halogens is 1. The highest BCUT2D eigenvalue weighted by molar-refractivity contribution is 9.09. The van der Waals surface area contributed by atoms with Crippen molar-refractivity contribution in [1.29, 1.82) is 5.26 Å². The summed E-state index contributed by atoms with van der Waals surface area (Å²) in [6.07, 6.45) is 1.20.